The average Bonchev–Trinajstić information content (AvgIpc) is 2.27. The summed E-state index contributed by atoms with van der Waals surface area (Å²) in [7, 11) is 1.74. The summed E-state index contributed by atoms with van der Waals surface area (Å²) in [6, 6.07) is 5.09. The van der Waals surface area contributed by atoms with E-state index in [9.17, 15) is 4.39 Å². The summed E-state index contributed by atoms with van der Waals surface area (Å²) < 4.78 is 19.0. The molecule has 1 atom stereocenters. The second-order valence-electron chi connectivity index (χ2n) is 5.06. The highest BCUT2D eigenvalue weighted by atomic mass is 19.1. The minimum atomic E-state index is -0.182. The predicted molar refractivity (Wildman–Crippen MR) is 66.3 cm³/mol. The monoisotopic (exact) mass is 237 g/mol. The van der Waals surface area contributed by atoms with E-state index in [1.54, 1.807) is 26.2 Å². The summed E-state index contributed by atoms with van der Waals surface area (Å²) >= 11 is 0. The number of ether oxygens (including phenoxy) is 1. The smallest absolute Gasteiger partial charge is 0.126 e. The zero-order valence-electron chi connectivity index (χ0n) is 10.5. The molecule has 94 valence electrons. The number of nitrogens with two attached hydrogens (primary N) is 1. The zero-order valence-corrected chi connectivity index (χ0v) is 10.5. The maximum Gasteiger partial charge on any atom is 0.126 e. The Bertz CT molecular complexity index is 396. The van der Waals surface area contributed by atoms with E-state index >= 15 is 0 Å². The lowest BCUT2D eigenvalue weighted by Crippen LogP contribution is -2.41. The fraction of sp³-hybridized carbons (Fsp3) is 0.571. The number of benzene rings is 1. The van der Waals surface area contributed by atoms with Gasteiger partial charge in [-0.15, -0.1) is 0 Å². The van der Waals surface area contributed by atoms with Gasteiger partial charge in [-0.1, -0.05) is 12.1 Å². The van der Waals surface area contributed by atoms with Crippen molar-refractivity contribution in [2.24, 2.45) is 5.73 Å². The lowest BCUT2D eigenvalue weighted by molar-refractivity contribution is -0.0817. The molecule has 0 aliphatic heterocycles. The molecule has 2 nitrogen and oxygen atoms in total. The Morgan fingerprint density at radius 2 is 2.18 bits per heavy atom. The van der Waals surface area contributed by atoms with Crippen molar-refractivity contribution >= 4 is 0 Å². The highest BCUT2D eigenvalue weighted by molar-refractivity contribution is 5.26. The SMILES string of the molecule is COC1(CC(N)c2ccc(C)c(F)c2)CCC1. The van der Waals surface area contributed by atoms with Crippen LogP contribution in [0.5, 0.6) is 0 Å². The third-order valence-electron chi connectivity index (χ3n) is 3.91. The van der Waals surface area contributed by atoms with Crippen molar-refractivity contribution in [3.05, 3.63) is 35.1 Å². The van der Waals surface area contributed by atoms with Crippen LogP contribution in [-0.2, 0) is 4.74 Å². The quantitative estimate of drug-likeness (QED) is 0.873. The van der Waals surface area contributed by atoms with Crippen LogP contribution in [0, 0.1) is 12.7 Å². The van der Waals surface area contributed by atoms with Gasteiger partial charge in [0.05, 0.1) is 5.60 Å². The van der Waals surface area contributed by atoms with Crippen LogP contribution in [0.3, 0.4) is 0 Å². The van der Waals surface area contributed by atoms with Crippen molar-refractivity contribution in [1.29, 1.82) is 0 Å². The number of hydrogen-bond donors (Lipinski definition) is 1. The summed E-state index contributed by atoms with van der Waals surface area (Å²) in [6.07, 6.45) is 4.09. The molecule has 2 N–H and O–H groups in total. The van der Waals surface area contributed by atoms with E-state index in [1.165, 1.54) is 6.42 Å². The maximum atomic E-state index is 13.5. The first-order valence-electron chi connectivity index (χ1n) is 6.13. The molecule has 0 amide bonds. The van der Waals surface area contributed by atoms with Crippen molar-refractivity contribution in [3.63, 3.8) is 0 Å². The molecule has 1 unspecified atom stereocenters. The molecule has 0 spiro atoms. The zero-order chi connectivity index (χ0) is 12.5. The normalized spacial score (nSPS) is 19.8. The summed E-state index contributed by atoms with van der Waals surface area (Å²) in [5, 5.41) is 0. The number of methoxy groups -OCH3 is 1. The highest BCUT2D eigenvalue weighted by Crippen LogP contribution is 2.41. The van der Waals surface area contributed by atoms with Crippen molar-refractivity contribution in [1.82, 2.24) is 0 Å². The predicted octanol–water partition coefficient (Wildman–Crippen LogP) is 3.09. The molecule has 0 saturated heterocycles. The molecule has 0 bridgehead atoms. The molecule has 1 aromatic rings. The minimum Gasteiger partial charge on any atom is -0.378 e. The standard InChI is InChI=1S/C14H20FNO/c1-10-4-5-11(8-12(10)15)13(16)9-14(17-2)6-3-7-14/h4-5,8,13H,3,6-7,9,16H2,1-2H3. The van der Waals surface area contributed by atoms with E-state index in [4.69, 9.17) is 10.5 Å². The largest absolute Gasteiger partial charge is 0.378 e. The highest BCUT2D eigenvalue weighted by Gasteiger charge is 2.38. The summed E-state index contributed by atoms with van der Waals surface area (Å²) in [4.78, 5) is 0. The number of rotatable bonds is 4. The molecule has 1 aromatic carbocycles. The molecular weight excluding hydrogens is 217 g/mol. The molecule has 0 aromatic heterocycles. The van der Waals surface area contributed by atoms with Gasteiger partial charge in [-0.3, -0.25) is 0 Å². The Morgan fingerprint density at radius 3 is 2.65 bits per heavy atom. The minimum absolute atomic E-state index is 0.0687. The van der Waals surface area contributed by atoms with Gasteiger partial charge >= 0.3 is 0 Å². The third-order valence-corrected chi connectivity index (χ3v) is 3.91. The molecule has 3 heteroatoms. The van der Waals surface area contributed by atoms with Gasteiger partial charge in [0.1, 0.15) is 5.82 Å². The van der Waals surface area contributed by atoms with Crippen LogP contribution in [0.15, 0.2) is 18.2 Å². The van der Waals surface area contributed by atoms with Gasteiger partial charge in [0.2, 0.25) is 0 Å². The fourth-order valence-corrected chi connectivity index (χ4v) is 2.42. The van der Waals surface area contributed by atoms with Crippen LogP contribution >= 0.6 is 0 Å². The van der Waals surface area contributed by atoms with E-state index in [-0.39, 0.29) is 17.5 Å². The number of halogens is 1. The van der Waals surface area contributed by atoms with Crippen molar-refractivity contribution < 1.29 is 9.13 Å². The lowest BCUT2D eigenvalue weighted by Gasteiger charge is -2.42. The van der Waals surface area contributed by atoms with Gasteiger partial charge in [-0.25, -0.2) is 4.39 Å². The summed E-state index contributed by atoms with van der Waals surface area (Å²) in [5.74, 6) is -0.182. The molecule has 1 aliphatic rings. The van der Waals surface area contributed by atoms with E-state index in [1.807, 2.05) is 6.07 Å². The molecule has 1 saturated carbocycles. The average molecular weight is 237 g/mol. The van der Waals surface area contributed by atoms with Crippen LogP contribution in [-0.4, -0.2) is 12.7 Å². The third kappa shape index (κ3) is 2.50. The Hall–Kier alpha value is -0.930. The second-order valence-corrected chi connectivity index (χ2v) is 5.06. The van der Waals surface area contributed by atoms with Crippen LogP contribution in [0.1, 0.15) is 42.9 Å². The Labute approximate surface area is 102 Å². The molecule has 17 heavy (non-hydrogen) atoms. The van der Waals surface area contributed by atoms with Crippen LogP contribution in [0.25, 0.3) is 0 Å². The lowest BCUT2D eigenvalue weighted by atomic mass is 9.75. The molecule has 0 radical (unpaired) electrons. The number of hydrogen-bond acceptors (Lipinski definition) is 2. The van der Waals surface area contributed by atoms with E-state index in [0.717, 1.165) is 24.8 Å². The second kappa shape index (κ2) is 4.75. The van der Waals surface area contributed by atoms with Gasteiger partial charge in [-0.05, 0) is 49.8 Å². The summed E-state index contributed by atoms with van der Waals surface area (Å²) in [5.41, 5.74) is 7.59. The van der Waals surface area contributed by atoms with E-state index in [0.29, 0.717) is 5.56 Å². The fourth-order valence-electron chi connectivity index (χ4n) is 2.42. The van der Waals surface area contributed by atoms with E-state index < -0.39 is 0 Å². The molecule has 2 rings (SSSR count). The van der Waals surface area contributed by atoms with Gasteiger partial charge in [-0.2, -0.15) is 0 Å². The van der Waals surface area contributed by atoms with Gasteiger partial charge in [0.15, 0.2) is 0 Å². The van der Waals surface area contributed by atoms with Gasteiger partial charge in [0.25, 0.3) is 0 Å². The van der Waals surface area contributed by atoms with Crippen LogP contribution < -0.4 is 5.73 Å². The Kier molecular flexibility index (Phi) is 3.50. The number of aryl methyl sites for hydroxylation is 1. The Morgan fingerprint density at radius 1 is 1.47 bits per heavy atom. The van der Waals surface area contributed by atoms with Crippen molar-refractivity contribution in [2.75, 3.05) is 7.11 Å². The first kappa shape index (κ1) is 12.5. The molecule has 0 heterocycles. The van der Waals surface area contributed by atoms with Gasteiger partial charge < -0.3 is 10.5 Å². The summed E-state index contributed by atoms with van der Waals surface area (Å²) in [6.45, 7) is 1.76. The van der Waals surface area contributed by atoms with E-state index in [2.05, 4.69) is 0 Å². The van der Waals surface area contributed by atoms with Crippen LogP contribution in [0.4, 0.5) is 4.39 Å². The van der Waals surface area contributed by atoms with Crippen molar-refractivity contribution in [2.45, 2.75) is 44.2 Å². The van der Waals surface area contributed by atoms with Crippen LogP contribution in [0.2, 0.25) is 0 Å². The first-order chi connectivity index (χ1) is 8.06. The molecule has 1 aliphatic carbocycles. The van der Waals surface area contributed by atoms with Crippen molar-refractivity contribution in [3.8, 4) is 0 Å². The first-order valence-corrected chi connectivity index (χ1v) is 6.13. The topological polar surface area (TPSA) is 35.2 Å². The Balaban J connectivity index is 2.08. The molecular formula is C14H20FNO. The maximum absolute atomic E-state index is 13.5. The molecule has 1 fully saturated rings. The van der Waals surface area contributed by atoms with Gasteiger partial charge in [0, 0.05) is 13.2 Å².